The van der Waals surface area contributed by atoms with Gasteiger partial charge in [0.2, 0.25) is 0 Å². The Hall–Kier alpha value is -0.290. The molecule has 1 aliphatic heterocycles. The van der Waals surface area contributed by atoms with E-state index < -0.39 is 12.6 Å². The molecule has 0 radical (unpaired) electrons. The molecule has 0 spiro atoms. The first-order valence-electron chi connectivity index (χ1n) is 5.37. The highest BCUT2D eigenvalue weighted by Gasteiger charge is 2.29. The van der Waals surface area contributed by atoms with Gasteiger partial charge in [0.1, 0.15) is 0 Å². The lowest BCUT2D eigenvalue weighted by Gasteiger charge is -2.20. The minimum atomic E-state index is -4.05. The molecule has 1 rings (SSSR count). The number of hydrogen-bond donors (Lipinski definition) is 1. The van der Waals surface area contributed by atoms with Crippen LogP contribution in [0.25, 0.3) is 0 Å². The summed E-state index contributed by atoms with van der Waals surface area (Å²) in [7, 11) is 1.70. The zero-order valence-corrected chi connectivity index (χ0v) is 8.94. The van der Waals surface area contributed by atoms with Crippen LogP contribution in [0.2, 0.25) is 0 Å². The van der Waals surface area contributed by atoms with E-state index in [0.717, 1.165) is 19.4 Å². The lowest BCUT2D eigenvalue weighted by atomic mass is 10.0. The van der Waals surface area contributed by atoms with Crippen LogP contribution < -0.4 is 5.32 Å². The molecule has 5 heteroatoms. The molecule has 1 fully saturated rings. The van der Waals surface area contributed by atoms with Gasteiger partial charge in [-0.05, 0) is 32.7 Å². The van der Waals surface area contributed by atoms with Crippen molar-refractivity contribution in [1.29, 1.82) is 0 Å². The third-order valence-corrected chi connectivity index (χ3v) is 2.76. The highest BCUT2D eigenvalue weighted by molar-refractivity contribution is 4.75. The highest BCUT2D eigenvalue weighted by atomic mass is 19.4. The molecule has 1 aliphatic rings. The predicted molar refractivity (Wildman–Crippen MR) is 51.7 cm³/mol. The normalized spacial score (nSPS) is 24.4. The van der Waals surface area contributed by atoms with Crippen molar-refractivity contribution < 1.29 is 17.9 Å². The smallest absolute Gasteiger partial charge is 0.378 e. The van der Waals surface area contributed by atoms with E-state index in [-0.39, 0.29) is 18.6 Å². The largest absolute Gasteiger partial charge is 0.389 e. The Morgan fingerprint density at radius 3 is 2.67 bits per heavy atom. The van der Waals surface area contributed by atoms with Crippen molar-refractivity contribution >= 4 is 0 Å². The van der Waals surface area contributed by atoms with Crippen LogP contribution in [0.4, 0.5) is 13.2 Å². The van der Waals surface area contributed by atoms with E-state index >= 15 is 0 Å². The Balaban J connectivity index is 2.22. The molecule has 0 bridgehead atoms. The summed E-state index contributed by atoms with van der Waals surface area (Å²) in [6, 6.07) is -0.0882. The SMILES string of the molecule is CNC(CCC(F)(F)F)CC1CCCO1. The van der Waals surface area contributed by atoms with Gasteiger partial charge in [-0.2, -0.15) is 13.2 Å². The van der Waals surface area contributed by atoms with Gasteiger partial charge in [0.05, 0.1) is 6.10 Å². The number of alkyl halides is 3. The van der Waals surface area contributed by atoms with Gasteiger partial charge in [-0.25, -0.2) is 0 Å². The van der Waals surface area contributed by atoms with Gasteiger partial charge < -0.3 is 10.1 Å². The van der Waals surface area contributed by atoms with Crippen molar-refractivity contribution in [1.82, 2.24) is 5.32 Å². The van der Waals surface area contributed by atoms with Crippen LogP contribution in [0.15, 0.2) is 0 Å². The number of hydrogen-bond acceptors (Lipinski definition) is 2. The molecule has 0 aromatic rings. The van der Waals surface area contributed by atoms with Crippen LogP contribution in [-0.4, -0.2) is 32.0 Å². The maximum absolute atomic E-state index is 12.0. The van der Waals surface area contributed by atoms with Gasteiger partial charge in [-0.3, -0.25) is 0 Å². The number of halogens is 3. The van der Waals surface area contributed by atoms with E-state index in [2.05, 4.69) is 5.32 Å². The first-order chi connectivity index (χ1) is 7.01. The van der Waals surface area contributed by atoms with Crippen LogP contribution in [0.5, 0.6) is 0 Å². The minimum Gasteiger partial charge on any atom is -0.378 e. The van der Waals surface area contributed by atoms with Crippen LogP contribution in [0, 0.1) is 0 Å². The second-order valence-electron chi connectivity index (χ2n) is 4.01. The second-order valence-corrected chi connectivity index (χ2v) is 4.01. The summed E-state index contributed by atoms with van der Waals surface area (Å²) in [5.41, 5.74) is 0. The Morgan fingerprint density at radius 1 is 1.47 bits per heavy atom. The molecule has 2 unspecified atom stereocenters. The zero-order valence-electron chi connectivity index (χ0n) is 8.94. The van der Waals surface area contributed by atoms with Crippen molar-refractivity contribution in [2.24, 2.45) is 0 Å². The van der Waals surface area contributed by atoms with Crippen LogP contribution in [-0.2, 0) is 4.74 Å². The quantitative estimate of drug-likeness (QED) is 0.776. The molecular weight excluding hydrogens is 207 g/mol. The zero-order chi connectivity index (χ0) is 11.3. The van der Waals surface area contributed by atoms with Gasteiger partial charge in [-0.15, -0.1) is 0 Å². The maximum Gasteiger partial charge on any atom is 0.389 e. The van der Waals surface area contributed by atoms with Gasteiger partial charge >= 0.3 is 6.18 Å². The monoisotopic (exact) mass is 225 g/mol. The van der Waals surface area contributed by atoms with Crippen LogP contribution in [0.1, 0.15) is 32.1 Å². The molecule has 2 nitrogen and oxygen atoms in total. The molecule has 15 heavy (non-hydrogen) atoms. The third kappa shape index (κ3) is 5.37. The fourth-order valence-corrected chi connectivity index (χ4v) is 1.87. The predicted octanol–water partition coefficient (Wildman–Crippen LogP) is 2.49. The van der Waals surface area contributed by atoms with Crippen LogP contribution >= 0.6 is 0 Å². The lowest BCUT2D eigenvalue weighted by Crippen LogP contribution is -2.31. The van der Waals surface area contributed by atoms with E-state index in [1.54, 1.807) is 7.05 Å². The molecule has 2 atom stereocenters. The van der Waals surface area contributed by atoms with Crippen molar-refractivity contribution in [3.63, 3.8) is 0 Å². The van der Waals surface area contributed by atoms with E-state index in [9.17, 15) is 13.2 Å². The average Bonchev–Trinajstić information content (AvgIpc) is 2.63. The summed E-state index contributed by atoms with van der Waals surface area (Å²) >= 11 is 0. The van der Waals surface area contributed by atoms with E-state index in [4.69, 9.17) is 4.74 Å². The van der Waals surface area contributed by atoms with Crippen molar-refractivity contribution in [3.8, 4) is 0 Å². The molecule has 1 saturated heterocycles. The van der Waals surface area contributed by atoms with Gasteiger partial charge in [-0.1, -0.05) is 0 Å². The summed E-state index contributed by atoms with van der Waals surface area (Å²) in [6.07, 6.45) is -1.79. The topological polar surface area (TPSA) is 21.3 Å². The molecule has 0 aromatic carbocycles. The Kier molecular flexibility index (Phi) is 4.86. The minimum absolute atomic E-state index is 0.0882. The average molecular weight is 225 g/mol. The molecule has 0 aliphatic carbocycles. The van der Waals surface area contributed by atoms with Gasteiger partial charge in [0, 0.05) is 19.1 Å². The first kappa shape index (κ1) is 12.8. The Morgan fingerprint density at radius 2 is 2.20 bits per heavy atom. The summed E-state index contributed by atoms with van der Waals surface area (Å²) in [5.74, 6) is 0. The highest BCUT2D eigenvalue weighted by Crippen LogP contribution is 2.25. The number of ether oxygens (including phenoxy) is 1. The molecule has 0 amide bonds. The second kappa shape index (κ2) is 5.70. The molecule has 0 saturated carbocycles. The summed E-state index contributed by atoms with van der Waals surface area (Å²) < 4.78 is 41.4. The van der Waals surface area contributed by atoms with E-state index in [1.807, 2.05) is 0 Å². The van der Waals surface area contributed by atoms with E-state index in [1.165, 1.54) is 0 Å². The molecule has 1 heterocycles. The summed E-state index contributed by atoms with van der Waals surface area (Å²) in [5, 5.41) is 2.92. The Bertz CT molecular complexity index is 178. The lowest BCUT2D eigenvalue weighted by molar-refractivity contribution is -0.137. The fraction of sp³-hybridized carbons (Fsp3) is 1.00. The summed E-state index contributed by atoms with van der Waals surface area (Å²) in [4.78, 5) is 0. The van der Waals surface area contributed by atoms with Crippen molar-refractivity contribution in [2.75, 3.05) is 13.7 Å². The molecular formula is C10H18F3NO. The first-order valence-corrected chi connectivity index (χ1v) is 5.37. The maximum atomic E-state index is 12.0. The van der Waals surface area contributed by atoms with Crippen LogP contribution in [0.3, 0.4) is 0 Å². The standard InChI is InChI=1S/C10H18F3NO/c1-14-8(4-5-10(11,12)13)7-9-3-2-6-15-9/h8-9,14H,2-7H2,1H3. The summed E-state index contributed by atoms with van der Waals surface area (Å²) in [6.45, 7) is 0.750. The van der Waals surface area contributed by atoms with Gasteiger partial charge in [0.15, 0.2) is 0 Å². The van der Waals surface area contributed by atoms with Gasteiger partial charge in [0.25, 0.3) is 0 Å². The number of rotatable bonds is 5. The van der Waals surface area contributed by atoms with Crippen molar-refractivity contribution in [2.45, 2.75) is 50.4 Å². The van der Waals surface area contributed by atoms with Crippen molar-refractivity contribution in [3.05, 3.63) is 0 Å². The molecule has 0 aromatic heterocycles. The molecule has 90 valence electrons. The fourth-order valence-electron chi connectivity index (χ4n) is 1.87. The number of nitrogens with one attached hydrogen (secondary N) is 1. The van der Waals surface area contributed by atoms with E-state index in [0.29, 0.717) is 6.42 Å². The molecule has 1 N–H and O–H groups in total. The Labute approximate surface area is 88.2 Å². The third-order valence-electron chi connectivity index (χ3n) is 2.76.